The van der Waals surface area contributed by atoms with Crippen molar-refractivity contribution in [3.63, 3.8) is 0 Å². The summed E-state index contributed by atoms with van der Waals surface area (Å²) in [5, 5.41) is 31.8. The van der Waals surface area contributed by atoms with Gasteiger partial charge in [-0.3, -0.25) is 24.1 Å². The monoisotopic (exact) mass is 578 g/mol. The number of benzene rings is 1. The lowest BCUT2D eigenvalue weighted by Gasteiger charge is -2.35. The van der Waals surface area contributed by atoms with Crippen molar-refractivity contribution in [1.82, 2.24) is 10.2 Å². The number of carbonyl (C=O) groups is 5. The third-order valence-corrected chi connectivity index (χ3v) is 6.28. The number of carboxylic acids is 1. The summed E-state index contributed by atoms with van der Waals surface area (Å²) in [6.07, 6.45) is -2.32. The minimum Gasteiger partial charge on any atom is -0.479 e. The van der Waals surface area contributed by atoms with E-state index in [1.165, 1.54) is 19.1 Å². The molecule has 14 nitrogen and oxygen atoms in total. The van der Waals surface area contributed by atoms with Gasteiger partial charge >= 0.3 is 11.9 Å². The number of nitrogens with one attached hydrogen (secondary N) is 1. The second-order valence-electron chi connectivity index (χ2n) is 9.44. The van der Waals surface area contributed by atoms with Crippen LogP contribution in [0, 0.1) is 0 Å². The van der Waals surface area contributed by atoms with Crippen molar-refractivity contribution >= 4 is 29.7 Å². The van der Waals surface area contributed by atoms with Crippen LogP contribution in [0.15, 0.2) is 30.4 Å². The number of carboxylic acid groups (broad SMARTS) is 1. The average Bonchev–Trinajstić information content (AvgIpc) is 3.24. The van der Waals surface area contributed by atoms with Crippen LogP contribution in [0.3, 0.4) is 0 Å². The van der Waals surface area contributed by atoms with Crippen molar-refractivity contribution in [2.45, 2.75) is 63.8 Å². The Hall–Kier alpha value is -3.85. The van der Waals surface area contributed by atoms with Crippen molar-refractivity contribution in [2.75, 3.05) is 26.3 Å². The number of aryl methyl sites for hydroxylation is 1. The fraction of sp³-hybridized carbons (Fsp3) is 0.519. The van der Waals surface area contributed by atoms with E-state index in [2.05, 4.69) is 5.32 Å². The Balaban J connectivity index is 1.42. The smallest absolute Gasteiger partial charge is 0.335 e. The van der Waals surface area contributed by atoms with Gasteiger partial charge in [-0.25, -0.2) is 4.79 Å². The van der Waals surface area contributed by atoms with Gasteiger partial charge in [0.25, 0.3) is 11.8 Å². The van der Waals surface area contributed by atoms with Crippen molar-refractivity contribution in [3.8, 4) is 5.75 Å². The summed E-state index contributed by atoms with van der Waals surface area (Å²) in [6, 6.07) is 5.17. The molecule has 224 valence electrons. The number of hydrogen-bond acceptors (Lipinski definition) is 11. The molecule has 1 saturated heterocycles. The number of aliphatic hydroxyl groups excluding tert-OH is 2. The maximum absolute atomic E-state index is 11.9. The number of carbonyl (C=O) groups excluding carboxylic acids is 4. The van der Waals surface area contributed by atoms with Gasteiger partial charge in [0.05, 0.1) is 12.7 Å². The van der Waals surface area contributed by atoms with E-state index in [1.807, 2.05) is 0 Å². The van der Waals surface area contributed by atoms with E-state index >= 15 is 0 Å². The molecule has 14 heteroatoms. The third-order valence-electron chi connectivity index (χ3n) is 6.28. The number of imide groups is 1. The number of esters is 1. The lowest BCUT2D eigenvalue weighted by atomic mass is 10.0. The van der Waals surface area contributed by atoms with Crippen LogP contribution in [0.2, 0.25) is 0 Å². The summed E-state index contributed by atoms with van der Waals surface area (Å²) in [5.41, 5.74) is 1.39. The molecule has 4 N–H and O–H groups in total. The fourth-order valence-corrected chi connectivity index (χ4v) is 4.15. The Bertz CT molecular complexity index is 1140. The van der Waals surface area contributed by atoms with Crippen LogP contribution in [-0.2, 0) is 51.2 Å². The van der Waals surface area contributed by atoms with Gasteiger partial charge in [-0.1, -0.05) is 6.07 Å². The van der Waals surface area contributed by atoms with E-state index in [4.69, 9.17) is 18.9 Å². The minimum absolute atomic E-state index is 0.00406. The average molecular weight is 579 g/mol. The molecule has 1 fully saturated rings. The molecular weight excluding hydrogens is 544 g/mol. The molecule has 2 aliphatic rings. The first-order valence-electron chi connectivity index (χ1n) is 13.1. The molecule has 0 radical (unpaired) electrons. The second kappa shape index (κ2) is 15.2. The predicted octanol–water partition coefficient (Wildman–Crippen LogP) is -0.570. The molecule has 1 aromatic carbocycles. The standard InChI is InChI=1S/C27H34N2O12/c1-16(30)39-15-18-13-17(4-5-20(18)40-24-14-19(31)25(35)26(41-24)27(36)37)3-2-11-38-12-9-28-21(32)8-10-29-22(33)6-7-23(29)34/h4-7,13,19,24-26,31,35H,2-3,8-12,14-15H2,1H3,(H,28,32)(H,36,37)/t19-,24-,25+,26+/m1/s1. The first kappa shape index (κ1) is 31.7. The normalized spacial score (nSPS) is 22.1. The largest absolute Gasteiger partial charge is 0.479 e. The molecule has 2 heterocycles. The summed E-state index contributed by atoms with van der Waals surface area (Å²) >= 11 is 0. The molecule has 1 aromatic rings. The van der Waals surface area contributed by atoms with Gasteiger partial charge in [0.2, 0.25) is 12.2 Å². The first-order valence-corrected chi connectivity index (χ1v) is 13.1. The Labute approximate surface area is 235 Å². The highest BCUT2D eigenvalue weighted by molar-refractivity contribution is 6.13. The van der Waals surface area contributed by atoms with Crippen LogP contribution in [0.25, 0.3) is 0 Å². The van der Waals surface area contributed by atoms with Gasteiger partial charge in [-0.2, -0.15) is 0 Å². The first-order chi connectivity index (χ1) is 19.5. The number of hydrogen-bond donors (Lipinski definition) is 4. The Morgan fingerprint density at radius 2 is 1.85 bits per heavy atom. The van der Waals surface area contributed by atoms with Gasteiger partial charge in [-0.15, -0.1) is 0 Å². The summed E-state index contributed by atoms with van der Waals surface area (Å²) < 4.78 is 21.7. The maximum atomic E-state index is 11.9. The van der Waals surface area contributed by atoms with E-state index in [0.29, 0.717) is 25.0 Å². The van der Waals surface area contributed by atoms with Crippen LogP contribution in [-0.4, -0.2) is 101 Å². The minimum atomic E-state index is -1.66. The van der Waals surface area contributed by atoms with E-state index in [9.17, 15) is 39.3 Å². The van der Waals surface area contributed by atoms with E-state index < -0.39 is 48.4 Å². The predicted molar refractivity (Wildman–Crippen MR) is 138 cm³/mol. The van der Waals surface area contributed by atoms with Gasteiger partial charge in [0.15, 0.2) is 6.10 Å². The molecule has 2 aliphatic heterocycles. The zero-order valence-electron chi connectivity index (χ0n) is 22.5. The highest BCUT2D eigenvalue weighted by atomic mass is 16.7. The highest BCUT2D eigenvalue weighted by Gasteiger charge is 2.42. The van der Waals surface area contributed by atoms with Crippen LogP contribution in [0.5, 0.6) is 5.75 Å². The molecule has 0 aromatic heterocycles. The Morgan fingerprint density at radius 1 is 1.12 bits per heavy atom. The molecule has 0 unspecified atom stereocenters. The summed E-state index contributed by atoms with van der Waals surface area (Å²) in [4.78, 5) is 58.6. The lowest BCUT2D eigenvalue weighted by Crippen LogP contribution is -2.53. The summed E-state index contributed by atoms with van der Waals surface area (Å²) in [5.74, 6) is -2.83. The molecule has 0 saturated carbocycles. The molecule has 0 aliphatic carbocycles. The van der Waals surface area contributed by atoms with Crippen LogP contribution in [0.1, 0.15) is 37.3 Å². The van der Waals surface area contributed by atoms with Crippen molar-refractivity contribution in [1.29, 1.82) is 0 Å². The molecule has 0 bridgehead atoms. The molecule has 4 atom stereocenters. The van der Waals surface area contributed by atoms with Crippen molar-refractivity contribution in [2.24, 2.45) is 0 Å². The Morgan fingerprint density at radius 3 is 2.54 bits per heavy atom. The number of nitrogens with zero attached hydrogens (tertiary/aromatic N) is 1. The maximum Gasteiger partial charge on any atom is 0.335 e. The summed E-state index contributed by atoms with van der Waals surface area (Å²) in [6.45, 7) is 2.13. The van der Waals surface area contributed by atoms with Crippen LogP contribution in [0.4, 0.5) is 0 Å². The second-order valence-corrected chi connectivity index (χ2v) is 9.44. The number of ether oxygens (including phenoxy) is 4. The highest BCUT2D eigenvalue weighted by Crippen LogP contribution is 2.28. The van der Waals surface area contributed by atoms with Gasteiger partial charge in [0.1, 0.15) is 18.5 Å². The van der Waals surface area contributed by atoms with Gasteiger partial charge in [-0.05, 0) is 30.5 Å². The molecular formula is C27H34N2O12. The van der Waals surface area contributed by atoms with Crippen molar-refractivity contribution < 1.29 is 58.2 Å². The van der Waals surface area contributed by atoms with Crippen LogP contribution < -0.4 is 10.1 Å². The number of aliphatic hydroxyl groups is 2. The number of amides is 3. The van der Waals surface area contributed by atoms with Crippen LogP contribution >= 0.6 is 0 Å². The Kier molecular flexibility index (Phi) is 11.8. The van der Waals surface area contributed by atoms with E-state index in [-0.39, 0.29) is 50.8 Å². The molecule has 41 heavy (non-hydrogen) atoms. The molecule has 3 rings (SSSR count). The number of rotatable bonds is 15. The van der Waals surface area contributed by atoms with E-state index in [0.717, 1.165) is 10.5 Å². The van der Waals surface area contributed by atoms with E-state index in [1.54, 1.807) is 18.2 Å². The molecule has 0 spiro atoms. The third kappa shape index (κ3) is 9.63. The fourth-order valence-electron chi connectivity index (χ4n) is 4.15. The van der Waals surface area contributed by atoms with Gasteiger partial charge in [0, 0.05) is 57.2 Å². The zero-order chi connectivity index (χ0) is 29.9. The zero-order valence-corrected chi connectivity index (χ0v) is 22.5. The topological polar surface area (TPSA) is 198 Å². The molecule has 3 amide bonds. The summed E-state index contributed by atoms with van der Waals surface area (Å²) in [7, 11) is 0. The SMILES string of the molecule is CC(=O)OCc1cc(CCCOCCNC(=O)CCN2C(=O)C=CC2=O)ccc1O[C@H]1C[C@@H](O)[C@H](O)[C@@H](C(=O)O)O1. The lowest BCUT2D eigenvalue weighted by molar-refractivity contribution is -0.228. The quantitative estimate of drug-likeness (QED) is 0.118. The van der Waals surface area contributed by atoms with Gasteiger partial charge < -0.3 is 39.6 Å². The van der Waals surface area contributed by atoms with Crippen molar-refractivity contribution in [3.05, 3.63) is 41.5 Å². The number of aliphatic carboxylic acids is 1.